The maximum Gasteiger partial charge on any atom is 0.263 e. The lowest BCUT2D eigenvalue weighted by Gasteiger charge is -2.06. The number of nitrogens with zero attached hydrogens (tertiary/aromatic N) is 1. The number of aromatic nitrogens is 1. The molecule has 1 aliphatic heterocycles. The smallest absolute Gasteiger partial charge is 0.263 e. The van der Waals surface area contributed by atoms with Gasteiger partial charge in [-0.05, 0) is 37.3 Å². The lowest BCUT2D eigenvalue weighted by atomic mass is 10.1. The first-order valence-electron chi connectivity index (χ1n) is 6.55. The van der Waals surface area contributed by atoms with Crippen molar-refractivity contribution >= 4 is 62.8 Å². The number of ether oxygens (including phenoxy) is 1. The Labute approximate surface area is 141 Å². The van der Waals surface area contributed by atoms with E-state index in [2.05, 4.69) is 10.3 Å². The van der Waals surface area contributed by atoms with Crippen molar-refractivity contribution in [3.8, 4) is 5.75 Å². The third kappa shape index (κ3) is 3.09. The van der Waals surface area contributed by atoms with Crippen molar-refractivity contribution in [1.29, 1.82) is 0 Å². The number of carbonyl (C=O) groups excluding carboxylic acids is 1. The standard InChI is InChI=1S/C15H11ClN2O2S2/c1-2-20-10-3-4-11-8(6-10)5-9(13(16)17-11)7-12-14(19)18-15(21)22-12/h3-7H,2H2,1H3,(H,18,19,21)/b12-7-. The lowest BCUT2D eigenvalue weighted by Crippen LogP contribution is -2.17. The monoisotopic (exact) mass is 350 g/mol. The summed E-state index contributed by atoms with van der Waals surface area (Å²) in [7, 11) is 0. The van der Waals surface area contributed by atoms with Gasteiger partial charge in [0.05, 0.1) is 17.0 Å². The van der Waals surface area contributed by atoms with E-state index in [4.69, 9.17) is 28.6 Å². The number of fused-ring (bicyclic) bond motifs is 1. The molecule has 2 heterocycles. The van der Waals surface area contributed by atoms with E-state index in [0.29, 0.717) is 26.5 Å². The number of hydrogen-bond donors (Lipinski definition) is 1. The zero-order valence-corrected chi connectivity index (χ0v) is 13.9. The van der Waals surface area contributed by atoms with Crippen LogP contribution in [-0.4, -0.2) is 21.8 Å². The fourth-order valence-electron chi connectivity index (χ4n) is 2.07. The number of rotatable bonds is 3. The van der Waals surface area contributed by atoms with Gasteiger partial charge in [-0.1, -0.05) is 35.6 Å². The van der Waals surface area contributed by atoms with E-state index < -0.39 is 0 Å². The zero-order valence-electron chi connectivity index (χ0n) is 11.6. The van der Waals surface area contributed by atoms with Crippen LogP contribution in [0.2, 0.25) is 5.15 Å². The van der Waals surface area contributed by atoms with Gasteiger partial charge in [0.2, 0.25) is 0 Å². The zero-order chi connectivity index (χ0) is 15.7. The summed E-state index contributed by atoms with van der Waals surface area (Å²) in [5.74, 6) is 0.557. The van der Waals surface area contributed by atoms with Gasteiger partial charge in [0.15, 0.2) is 0 Å². The highest BCUT2D eigenvalue weighted by Gasteiger charge is 2.22. The average Bonchev–Trinajstić information content (AvgIpc) is 2.78. The summed E-state index contributed by atoms with van der Waals surface area (Å²) in [6.07, 6.45) is 1.70. The van der Waals surface area contributed by atoms with E-state index >= 15 is 0 Å². The molecular weight excluding hydrogens is 340 g/mol. The van der Waals surface area contributed by atoms with E-state index in [9.17, 15) is 4.79 Å². The van der Waals surface area contributed by atoms with Gasteiger partial charge < -0.3 is 10.1 Å². The van der Waals surface area contributed by atoms with Crippen molar-refractivity contribution in [2.45, 2.75) is 6.92 Å². The Morgan fingerprint density at radius 2 is 2.27 bits per heavy atom. The van der Waals surface area contributed by atoms with E-state index in [0.717, 1.165) is 16.7 Å². The van der Waals surface area contributed by atoms with Gasteiger partial charge in [-0.3, -0.25) is 4.79 Å². The minimum Gasteiger partial charge on any atom is -0.494 e. The second kappa shape index (κ2) is 6.24. The van der Waals surface area contributed by atoms with Crippen LogP contribution in [-0.2, 0) is 4.79 Å². The summed E-state index contributed by atoms with van der Waals surface area (Å²) in [4.78, 5) is 16.6. The molecule has 0 unspecified atom stereocenters. The molecule has 112 valence electrons. The van der Waals surface area contributed by atoms with Crippen LogP contribution in [0, 0.1) is 0 Å². The Balaban J connectivity index is 2.05. The van der Waals surface area contributed by atoms with Gasteiger partial charge in [0, 0.05) is 10.9 Å². The minimum atomic E-state index is -0.214. The van der Waals surface area contributed by atoms with Gasteiger partial charge in [-0.2, -0.15) is 0 Å². The van der Waals surface area contributed by atoms with Crippen LogP contribution in [0.15, 0.2) is 29.2 Å². The molecule has 2 aromatic rings. The molecule has 0 spiro atoms. The van der Waals surface area contributed by atoms with Crippen molar-refractivity contribution in [3.63, 3.8) is 0 Å². The SMILES string of the molecule is CCOc1ccc2nc(Cl)c(/C=C3\SC(=S)NC3=O)cc2c1. The summed E-state index contributed by atoms with van der Waals surface area (Å²) in [6.45, 7) is 2.52. The van der Waals surface area contributed by atoms with Crippen LogP contribution in [0.25, 0.3) is 17.0 Å². The Bertz CT molecular complexity index is 821. The summed E-state index contributed by atoms with van der Waals surface area (Å²) in [6, 6.07) is 7.49. The average molecular weight is 351 g/mol. The first-order chi connectivity index (χ1) is 10.6. The predicted molar refractivity (Wildman–Crippen MR) is 94.2 cm³/mol. The highest BCUT2D eigenvalue weighted by Crippen LogP contribution is 2.30. The Morgan fingerprint density at radius 1 is 1.45 bits per heavy atom. The maximum absolute atomic E-state index is 11.7. The van der Waals surface area contributed by atoms with Gasteiger partial charge in [0.1, 0.15) is 15.2 Å². The lowest BCUT2D eigenvalue weighted by molar-refractivity contribution is -0.115. The number of halogens is 1. The molecule has 0 atom stereocenters. The van der Waals surface area contributed by atoms with Crippen LogP contribution in [0.4, 0.5) is 0 Å². The number of thioether (sulfide) groups is 1. The molecule has 1 aromatic carbocycles. The van der Waals surface area contributed by atoms with Crippen molar-refractivity contribution in [3.05, 3.63) is 39.9 Å². The summed E-state index contributed by atoms with van der Waals surface area (Å²) in [5.41, 5.74) is 1.44. The number of thiocarbonyl (C=S) groups is 1. The van der Waals surface area contributed by atoms with Crippen LogP contribution >= 0.6 is 35.6 Å². The minimum absolute atomic E-state index is 0.214. The quantitative estimate of drug-likeness (QED) is 0.518. The van der Waals surface area contributed by atoms with Crippen LogP contribution in [0.5, 0.6) is 5.75 Å². The first-order valence-corrected chi connectivity index (χ1v) is 8.15. The molecule has 1 aromatic heterocycles. The molecule has 0 bridgehead atoms. The molecular formula is C15H11ClN2O2S2. The predicted octanol–water partition coefficient (Wildman–Crippen LogP) is 3.78. The molecule has 0 saturated carbocycles. The molecule has 1 amide bonds. The highest BCUT2D eigenvalue weighted by atomic mass is 35.5. The molecule has 22 heavy (non-hydrogen) atoms. The first kappa shape index (κ1) is 15.3. The number of amides is 1. The fourth-order valence-corrected chi connectivity index (χ4v) is 3.30. The Kier molecular flexibility index (Phi) is 4.33. The molecule has 0 radical (unpaired) electrons. The molecule has 0 aliphatic carbocycles. The summed E-state index contributed by atoms with van der Waals surface area (Å²) in [5, 5.41) is 3.81. The van der Waals surface area contributed by atoms with Crippen molar-refractivity contribution < 1.29 is 9.53 Å². The molecule has 7 heteroatoms. The van der Waals surface area contributed by atoms with Gasteiger partial charge in [-0.15, -0.1) is 0 Å². The number of hydrogen-bond acceptors (Lipinski definition) is 5. The third-order valence-electron chi connectivity index (χ3n) is 3.01. The van der Waals surface area contributed by atoms with Crippen LogP contribution in [0.3, 0.4) is 0 Å². The summed E-state index contributed by atoms with van der Waals surface area (Å²) < 4.78 is 5.93. The van der Waals surface area contributed by atoms with E-state index in [1.54, 1.807) is 6.08 Å². The topological polar surface area (TPSA) is 51.2 Å². The normalized spacial score (nSPS) is 16.4. The highest BCUT2D eigenvalue weighted by molar-refractivity contribution is 8.26. The second-order valence-electron chi connectivity index (χ2n) is 4.51. The molecule has 3 rings (SSSR count). The van der Waals surface area contributed by atoms with Crippen molar-refractivity contribution in [1.82, 2.24) is 10.3 Å². The third-order valence-corrected chi connectivity index (χ3v) is 4.47. The molecule has 1 saturated heterocycles. The van der Waals surface area contributed by atoms with E-state index in [1.165, 1.54) is 11.8 Å². The molecule has 1 fully saturated rings. The molecule has 1 aliphatic rings. The van der Waals surface area contributed by atoms with Gasteiger partial charge >= 0.3 is 0 Å². The van der Waals surface area contributed by atoms with Crippen molar-refractivity contribution in [2.24, 2.45) is 0 Å². The fraction of sp³-hybridized carbons (Fsp3) is 0.133. The number of pyridine rings is 1. The molecule has 4 nitrogen and oxygen atoms in total. The number of benzene rings is 1. The van der Waals surface area contributed by atoms with Crippen LogP contribution in [0.1, 0.15) is 12.5 Å². The van der Waals surface area contributed by atoms with Crippen molar-refractivity contribution in [2.75, 3.05) is 6.61 Å². The van der Waals surface area contributed by atoms with Gasteiger partial charge in [0.25, 0.3) is 5.91 Å². The Morgan fingerprint density at radius 3 is 2.95 bits per heavy atom. The van der Waals surface area contributed by atoms with Crippen LogP contribution < -0.4 is 10.1 Å². The molecule has 1 N–H and O–H groups in total. The summed E-state index contributed by atoms with van der Waals surface area (Å²) >= 11 is 12.4. The second-order valence-corrected chi connectivity index (χ2v) is 6.59. The maximum atomic E-state index is 11.7. The van der Waals surface area contributed by atoms with E-state index in [1.807, 2.05) is 31.2 Å². The Hall–Kier alpha value is -1.63. The largest absolute Gasteiger partial charge is 0.494 e. The van der Waals surface area contributed by atoms with E-state index in [-0.39, 0.29) is 5.91 Å². The van der Waals surface area contributed by atoms with Gasteiger partial charge in [-0.25, -0.2) is 4.98 Å². The number of nitrogens with one attached hydrogen (secondary N) is 1. The number of carbonyl (C=O) groups is 1.